The van der Waals surface area contributed by atoms with Gasteiger partial charge < -0.3 is 20.4 Å². The Labute approximate surface area is 184 Å². The molecule has 1 atom stereocenters. The fourth-order valence-corrected chi connectivity index (χ4v) is 4.06. The number of carbonyl (C=O) groups is 1. The molecular formula is C22H25F3N6O. The van der Waals surface area contributed by atoms with Gasteiger partial charge in [-0.3, -0.25) is 4.79 Å². The van der Waals surface area contributed by atoms with Gasteiger partial charge in [0.1, 0.15) is 23.3 Å². The van der Waals surface area contributed by atoms with E-state index in [2.05, 4.69) is 20.6 Å². The number of carbonyl (C=O) groups excluding carboxylic acids is 1. The lowest BCUT2D eigenvalue weighted by molar-refractivity contribution is -0.129. The minimum absolute atomic E-state index is 0.0128. The molecule has 0 unspecified atom stereocenters. The largest absolute Gasteiger partial charge is 0.363 e. The molecule has 2 N–H and O–H groups in total. The molecule has 2 aliphatic heterocycles. The second-order valence-electron chi connectivity index (χ2n) is 7.99. The smallest absolute Gasteiger partial charge is 0.266 e. The molecule has 0 saturated carbocycles. The van der Waals surface area contributed by atoms with Crippen molar-refractivity contribution in [2.24, 2.45) is 0 Å². The highest BCUT2D eigenvalue weighted by atomic mass is 19.3. The number of aromatic nitrogens is 2. The number of likely N-dealkylation sites (N-methyl/N-ethyl adjacent to an activating group) is 1. The van der Waals surface area contributed by atoms with Crippen LogP contribution in [0.5, 0.6) is 0 Å². The monoisotopic (exact) mass is 446 g/mol. The molecule has 1 saturated heterocycles. The maximum Gasteiger partial charge on any atom is 0.266 e. The number of hydrogen-bond acceptors (Lipinski definition) is 6. The van der Waals surface area contributed by atoms with Crippen molar-refractivity contribution in [1.82, 2.24) is 20.2 Å². The third-order valence-electron chi connectivity index (χ3n) is 5.66. The quantitative estimate of drug-likeness (QED) is 0.735. The van der Waals surface area contributed by atoms with Crippen LogP contribution in [0.25, 0.3) is 6.08 Å². The van der Waals surface area contributed by atoms with E-state index >= 15 is 0 Å². The maximum atomic E-state index is 14.7. The van der Waals surface area contributed by atoms with Gasteiger partial charge in [0.2, 0.25) is 5.91 Å². The number of amides is 1. The summed E-state index contributed by atoms with van der Waals surface area (Å²) in [6, 6.07) is 3.35. The highest BCUT2D eigenvalue weighted by Gasteiger charge is 2.29. The molecule has 0 spiro atoms. The first-order chi connectivity index (χ1) is 15.3. The number of nitrogens with one attached hydrogen (secondary N) is 2. The summed E-state index contributed by atoms with van der Waals surface area (Å²) in [5.41, 5.74) is 0.984. The SMILES string of the molecule is Cc1nc(N[C@H](C)c2cccc(C(F)F)c2F)c2c(n1)N(C)CC(N1CCNCC1=O)=C2. The molecule has 1 fully saturated rings. The van der Waals surface area contributed by atoms with Gasteiger partial charge in [0.25, 0.3) is 6.43 Å². The Kier molecular flexibility index (Phi) is 6.05. The third kappa shape index (κ3) is 4.14. The van der Waals surface area contributed by atoms with Crippen molar-refractivity contribution >= 4 is 23.6 Å². The highest BCUT2D eigenvalue weighted by molar-refractivity contribution is 5.85. The van der Waals surface area contributed by atoms with E-state index in [0.29, 0.717) is 42.7 Å². The molecule has 7 nitrogen and oxygen atoms in total. The van der Waals surface area contributed by atoms with Crippen molar-refractivity contribution in [2.75, 3.05) is 43.4 Å². The van der Waals surface area contributed by atoms with Gasteiger partial charge in [-0.05, 0) is 19.9 Å². The van der Waals surface area contributed by atoms with Crippen molar-refractivity contribution in [3.8, 4) is 0 Å². The summed E-state index contributed by atoms with van der Waals surface area (Å²) in [6.45, 7) is 5.49. The van der Waals surface area contributed by atoms with Crippen molar-refractivity contribution in [3.05, 3.63) is 52.2 Å². The topological polar surface area (TPSA) is 73.4 Å². The molecule has 1 amide bonds. The molecule has 32 heavy (non-hydrogen) atoms. The number of aryl methyl sites for hydroxylation is 1. The maximum absolute atomic E-state index is 14.7. The van der Waals surface area contributed by atoms with Crippen molar-refractivity contribution in [3.63, 3.8) is 0 Å². The molecule has 1 aromatic carbocycles. The second-order valence-corrected chi connectivity index (χ2v) is 7.99. The van der Waals surface area contributed by atoms with Gasteiger partial charge in [-0.25, -0.2) is 23.1 Å². The van der Waals surface area contributed by atoms with Crippen LogP contribution in [0.2, 0.25) is 0 Å². The van der Waals surface area contributed by atoms with E-state index in [0.717, 1.165) is 11.8 Å². The average Bonchev–Trinajstić information content (AvgIpc) is 2.74. The van der Waals surface area contributed by atoms with Crippen molar-refractivity contribution in [2.45, 2.75) is 26.3 Å². The van der Waals surface area contributed by atoms with Crippen LogP contribution in [-0.2, 0) is 4.79 Å². The Morgan fingerprint density at radius 1 is 1.22 bits per heavy atom. The Balaban J connectivity index is 1.71. The average molecular weight is 446 g/mol. The molecule has 10 heteroatoms. The summed E-state index contributed by atoms with van der Waals surface area (Å²) < 4.78 is 41.0. The molecular weight excluding hydrogens is 421 g/mol. The standard InChI is InChI=1S/C22H25F3N6O/c1-12(15-5-4-6-16(19(15)23)20(24)25)27-21-17-9-14(31-8-7-26-10-18(31)32)11-30(3)22(17)29-13(2)28-21/h4-6,9,12,20,26H,7-8,10-11H2,1-3H3,(H,27,28,29)/t12-/m1/s1. The van der Waals surface area contributed by atoms with E-state index in [1.807, 2.05) is 18.0 Å². The number of fused-ring (bicyclic) bond motifs is 1. The van der Waals surface area contributed by atoms with Crippen molar-refractivity contribution in [1.29, 1.82) is 0 Å². The van der Waals surface area contributed by atoms with Gasteiger partial charge in [0.15, 0.2) is 0 Å². The summed E-state index contributed by atoms with van der Waals surface area (Å²) in [5.74, 6) is 0.707. The van der Waals surface area contributed by atoms with E-state index in [9.17, 15) is 18.0 Å². The first-order valence-corrected chi connectivity index (χ1v) is 10.4. The molecule has 1 aromatic heterocycles. The van der Waals surface area contributed by atoms with Gasteiger partial charge in [-0.2, -0.15) is 0 Å². The fraction of sp³-hybridized carbons (Fsp3) is 0.409. The Morgan fingerprint density at radius 3 is 2.69 bits per heavy atom. The number of anilines is 2. The number of halogens is 3. The van der Waals surface area contributed by atoms with Gasteiger partial charge in [0.05, 0.1) is 30.3 Å². The molecule has 0 radical (unpaired) electrons. The summed E-state index contributed by atoms with van der Waals surface area (Å²) in [7, 11) is 1.88. The predicted molar refractivity (Wildman–Crippen MR) is 116 cm³/mol. The summed E-state index contributed by atoms with van der Waals surface area (Å²) in [5, 5.41) is 6.22. The lowest BCUT2D eigenvalue weighted by Crippen LogP contribution is -2.49. The van der Waals surface area contributed by atoms with Crippen LogP contribution in [0.4, 0.5) is 24.8 Å². The third-order valence-corrected chi connectivity index (χ3v) is 5.66. The van der Waals surface area contributed by atoms with E-state index in [4.69, 9.17) is 0 Å². The molecule has 170 valence electrons. The molecule has 4 rings (SSSR count). The first-order valence-electron chi connectivity index (χ1n) is 10.4. The lowest BCUT2D eigenvalue weighted by Gasteiger charge is -2.35. The normalized spacial score (nSPS) is 17.3. The first kappa shape index (κ1) is 22.1. The molecule has 0 bridgehead atoms. The van der Waals surface area contributed by atoms with E-state index in [-0.39, 0.29) is 18.0 Å². The Bertz CT molecular complexity index is 1070. The molecule has 0 aliphatic carbocycles. The van der Waals surface area contributed by atoms with Gasteiger partial charge in [-0.15, -0.1) is 0 Å². The molecule has 2 aromatic rings. The van der Waals surface area contributed by atoms with Crippen LogP contribution in [0.15, 0.2) is 23.9 Å². The van der Waals surface area contributed by atoms with Crippen LogP contribution in [0.3, 0.4) is 0 Å². The van der Waals surface area contributed by atoms with Crippen LogP contribution in [0, 0.1) is 12.7 Å². The van der Waals surface area contributed by atoms with Crippen LogP contribution in [-0.4, -0.2) is 54.0 Å². The van der Waals surface area contributed by atoms with Gasteiger partial charge in [-0.1, -0.05) is 18.2 Å². The lowest BCUT2D eigenvalue weighted by atomic mass is 10.0. The van der Waals surface area contributed by atoms with Crippen LogP contribution >= 0.6 is 0 Å². The minimum Gasteiger partial charge on any atom is -0.363 e. The zero-order valence-corrected chi connectivity index (χ0v) is 18.1. The number of benzene rings is 1. The van der Waals surface area contributed by atoms with Crippen LogP contribution in [0.1, 0.15) is 41.9 Å². The fourth-order valence-electron chi connectivity index (χ4n) is 4.06. The summed E-state index contributed by atoms with van der Waals surface area (Å²) in [6.07, 6.45) is -1.02. The summed E-state index contributed by atoms with van der Waals surface area (Å²) in [4.78, 5) is 25.1. The Morgan fingerprint density at radius 2 is 1.97 bits per heavy atom. The number of alkyl halides is 2. The minimum atomic E-state index is -2.90. The second kappa shape index (κ2) is 8.78. The molecule has 3 heterocycles. The zero-order chi connectivity index (χ0) is 23.0. The van der Waals surface area contributed by atoms with Gasteiger partial charge >= 0.3 is 0 Å². The molecule has 2 aliphatic rings. The van der Waals surface area contributed by atoms with E-state index in [1.165, 1.54) is 12.1 Å². The number of nitrogens with zero attached hydrogens (tertiary/aromatic N) is 4. The number of hydrogen-bond donors (Lipinski definition) is 2. The number of rotatable bonds is 5. The predicted octanol–water partition coefficient (Wildman–Crippen LogP) is 3.26. The summed E-state index contributed by atoms with van der Waals surface area (Å²) >= 11 is 0. The van der Waals surface area contributed by atoms with E-state index < -0.39 is 23.8 Å². The highest BCUT2D eigenvalue weighted by Crippen LogP contribution is 2.35. The van der Waals surface area contributed by atoms with E-state index in [1.54, 1.807) is 18.7 Å². The Hall–Kier alpha value is -3.14. The van der Waals surface area contributed by atoms with Gasteiger partial charge in [0, 0.05) is 31.4 Å². The van der Waals surface area contributed by atoms with Crippen molar-refractivity contribution < 1.29 is 18.0 Å². The van der Waals surface area contributed by atoms with Crippen LogP contribution < -0.4 is 15.5 Å². The number of piperazine rings is 1. The zero-order valence-electron chi connectivity index (χ0n) is 18.1.